The van der Waals surface area contributed by atoms with Crippen LogP contribution in [-0.2, 0) is 9.47 Å². The first kappa shape index (κ1) is 16.8. The van der Waals surface area contributed by atoms with E-state index in [0.717, 1.165) is 39.5 Å². The minimum Gasteiger partial charge on any atom is -0.380 e. The first-order chi connectivity index (χ1) is 8.17. The van der Waals surface area contributed by atoms with Crippen molar-refractivity contribution in [2.75, 3.05) is 46.1 Å². The van der Waals surface area contributed by atoms with Crippen molar-refractivity contribution in [1.29, 1.82) is 0 Å². The number of ether oxygens (including phenoxy) is 2. The molecule has 4 heteroatoms. The molecule has 0 aliphatic rings. The summed E-state index contributed by atoms with van der Waals surface area (Å²) < 4.78 is 10.8. The third-order valence-electron chi connectivity index (χ3n) is 2.93. The van der Waals surface area contributed by atoms with Crippen molar-refractivity contribution < 1.29 is 9.47 Å². The zero-order valence-corrected chi connectivity index (χ0v) is 11.9. The fourth-order valence-electron chi connectivity index (χ4n) is 1.94. The summed E-state index contributed by atoms with van der Waals surface area (Å²) in [4.78, 5) is 2.38. The van der Waals surface area contributed by atoms with Crippen LogP contribution in [0.1, 0.15) is 27.7 Å². The standard InChI is InChI=1S/C13H30N2O2/c1-5-16-9-7-15(8-10-17-6-2)13(11-14)12(3)4/h12-13H,5-11,14H2,1-4H3. The highest BCUT2D eigenvalue weighted by Crippen LogP contribution is 2.09. The van der Waals surface area contributed by atoms with Gasteiger partial charge in [0.1, 0.15) is 0 Å². The third kappa shape index (κ3) is 7.71. The van der Waals surface area contributed by atoms with Crippen LogP contribution in [0, 0.1) is 5.92 Å². The van der Waals surface area contributed by atoms with Crippen LogP contribution in [0.3, 0.4) is 0 Å². The second-order valence-corrected chi connectivity index (χ2v) is 4.48. The number of nitrogens with zero attached hydrogens (tertiary/aromatic N) is 1. The Balaban J connectivity index is 4.15. The Hall–Kier alpha value is -0.160. The molecule has 0 radical (unpaired) electrons. The van der Waals surface area contributed by atoms with E-state index in [1.54, 1.807) is 0 Å². The highest BCUT2D eigenvalue weighted by Gasteiger charge is 2.19. The maximum absolute atomic E-state index is 5.86. The maximum atomic E-state index is 5.86. The number of rotatable bonds is 11. The predicted molar refractivity (Wildman–Crippen MR) is 72.2 cm³/mol. The molecule has 1 atom stereocenters. The lowest BCUT2D eigenvalue weighted by atomic mass is 10.0. The molecule has 17 heavy (non-hydrogen) atoms. The highest BCUT2D eigenvalue weighted by molar-refractivity contribution is 4.75. The van der Waals surface area contributed by atoms with Gasteiger partial charge in [-0.1, -0.05) is 13.8 Å². The van der Waals surface area contributed by atoms with Crippen LogP contribution in [-0.4, -0.2) is 57.0 Å². The molecule has 0 spiro atoms. The van der Waals surface area contributed by atoms with Crippen molar-refractivity contribution in [2.24, 2.45) is 11.7 Å². The van der Waals surface area contributed by atoms with Gasteiger partial charge in [-0.15, -0.1) is 0 Å². The van der Waals surface area contributed by atoms with E-state index in [2.05, 4.69) is 18.7 Å². The van der Waals surface area contributed by atoms with Gasteiger partial charge >= 0.3 is 0 Å². The summed E-state index contributed by atoms with van der Waals surface area (Å²) in [6, 6.07) is 0.413. The predicted octanol–water partition coefficient (Wildman–Crippen LogP) is 1.34. The van der Waals surface area contributed by atoms with Crippen molar-refractivity contribution in [3.05, 3.63) is 0 Å². The van der Waals surface area contributed by atoms with E-state index in [-0.39, 0.29) is 0 Å². The molecular formula is C13H30N2O2. The van der Waals surface area contributed by atoms with E-state index < -0.39 is 0 Å². The minimum atomic E-state index is 0.413. The van der Waals surface area contributed by atoms with E-state index in [9.17, 15) is 0 Å². The van der Waals surface area contributed by atoms with E-state index in [0.29, 0.717) is 18.5 Å². The number of hydrogen-bond acceptors (Lipinski definition) is 4. The van der Waals surface area contributed by atoms with Crippen molar-refractivity contribution in [2.45, 2.75) is 33.7 Å². The monoisotopic (exact) mass is 246 g/mol. The molecule has 0 aromatic heterocycles. The first-order valence-electron chi connectivity index (χ1n) is 6.76. The van der Waals surface area contributed by atoms with E-state index in [4.69, 9.17) is 15.2 Å². The molecule has 0 aliphatic heterocycles. The molecular weight excluding hydrogens is 216 g/mol. The van der Waals surface area contributed by atoms with Gasteiger partial charge in [0.2, 0.25) is 0 Å². The van der Waals surface area contributed by atoms with Gasteiger partial charge in [-0.2, -0.15) is 0 Å². The smallest absolute Gasteiger partial charge is 0.0593 e. The Morgan fingerprint density at radius 3 is 1.76 bits per heavy atom. The van der Waals surface area contributed by atoms with E-state index in [1.807, 2.05) is 13.8 Å². The second kappa shape index (κ2) is 11.0. The van der Waals surface area contributed by atoms with Crippen LogP contribution in [0.2, 0.25) is 0 Å². The van der Waals surface area contributed by atoms with Gasteiger partial charge in [-0.25, -0.2) is 0 Å². The quantitative estimate of drug-likeness (QED) is 0.559. The van der Waals surface area contributed by atoms with Crippen LogP contribution in [0.25, 0.3) is 0 Å². The van der Waals surface area contributed by atoms with Gasteiger partial charge in [0.05, 0.1) is 13.2 Å². The van der Waals surface area contributed by atoms with Crippen LogP contribution < -0.4 is 5.73 Å². The Morgan fingerprint density at radius 2 is 1.47 bits per heavy atom. The van der Waals surface area contributed by atoms with Crippen LogP contribution in [0.4, 0.5) is 0 Å². The summed E-state index contributed by atoms with van der Waals surface area (Å²) in [5.41, 5.74) is 5.86. The molecule has 0 heterocycles. The molecule has 104 valence electrons. The highest BCUT2D eigenvalue weighted by atomic mass is 16.5. The van der Waals surface area contributed by atoms with Gasteiger partial charge in [-0.3, -0.25) is 4.90 Å². The van der Waals surface area contributed by atoms with Gasteiger partial charge in [0.15, 0.2) is 0 Å². The number of nitrogens with two attached hydrogens (primary N) is 1. The first-order valence-corrected chi connectivity index (χ1v) is 6.76. The molecule has 0 saturated heterocycles. The molecule has 0 fully saturated rings. The Kier molecular flexibility index (Phi) is 10.9. The molecule has 1 unspecified atom stereocenters. The third-order valence-corrected chi connectivity index (χ3v) is 2.93. The molecule has 0 aromatic carbocycles. The molecule has 0 aliphatic carbocycles. The lowest BCUT2D eigenvalue weighted by molar-refractivity contribution is 0.0533. The molecule has 0 bridgehead atoms. The normalized spacial score (nSPS) is 13.6. The Bertz CT molecular complexity index is 155. The van der Waals surface area contributed by atoms with Gasteiger partial charge in [0, 0.05) is 38.9 Å². The van der Waals surface area contributed by atoms with Gasteiger partial charge < -0.3 is 15.2 Å². The Morgan fingerprint density at radius 1 is 1.00 bits per heavy atom. The number of hydrogen-bond donors (Lipinski definition) is 1. The fourth-order valence-corrected chi connectivity index (χ4v) is 1.94. The maximum Gasteiger partial charge on any atom is 0.0593 e. The van der Waals surface area contributed by atoms with E-state index in [1.165, 1.54) is 0 Å². The fraction of sp³-hybridized carbons (Fsp3) is 1.00. The zero-order valence-electron chi connectivity index (χ0n) is 11.9. The summed E-state index contributed by atoms with van der Waals surface area (Å²) in [6.07, 6.45) is 0. The minimum absolute atomic E-state index is 0.413. The summed E-state index contributed by atoms with van der Waals surface area (Å²) in [5.74, 6) is 0.559. The van der Waals surface area contributed by atoms with Crippen molar-refractivity contribution >= 4 is 0 Å². The average molecular weight is 246 g/mol. The Labute approximate surface area is 106 Å². The second-order valence-electron chi connectivity index (χ2n) is 4.48. The van der Waals surface area contributed by atoms with Crippen LogP contribution in [0.15, 0.2) is 0 Å². The molecule has 0 aromatic rings. The van der Waals surface area contributed by atoms with E-state index >= 15 is 0 Å². The molecule has 0 saturated carbocycles. The summed E-state index contributed by atoms with van der Waals surface area (Å²) in [7, 11) is 0. The van der Waals surface area contributed by atoms with Crippen molar-refractivity contribution in [3.8, 4) is 0 Å². The SMILES string of the molecule is CCOCCN(CCOCC)C(CN)C(C)C. The molecule has 2 N–H and O–H groups in total. The van der Waals surface area contributed by atoms with Crippen LogP contribution >= 0.6 is 0 Å². The lowest BCUT2D eigenvalue weighted by Crippen LogP contribution is -2.47. The van der Waals surface area contributed by atoms with Gasteiger partial charge in [0.25, 0.3) is 0 Å². The summed E-state index contributed by atoms with van der Waals surface area (Å²) in [5, 5.41) is 0. The molecule has 4 nitrogen and oxygen atoms in total. The van der Waals surface area contributed by atoms with Crippen molar-refractivity contribution in [1.82, 2.24) is 4.90 Å². The molecule has 0 amide bonds. The lowest BCUT2D eigenvalue weighted by Gasteiger charge is -2.33. The van der Waals surface area contributed by atoms with Crippen molar-refractivity contribution in [3.63, 3.8) is 0 Å². The molecule has 0 rings (SSSR count). The summed E-state index contributed by atoms with van der Waals surface area (Å²) in [6.45, 7) is 14.1. The summed E-state index contributed by atoms with van der Waals surface area (Å²) >= 11 is 0. The van der Waals surface area contributed by atoms with Crippen LogP contribution in [0.5, 0.6) is 0 Å². The largest absolute Gasteiger partial charge is 0.380 e. The zero-order chi connectivity index (χ0) is 13.1. The average Bonchev–Trinajstić information content (AvgIpc) is 2.29. The van der Waals surface area contributed by atoms with Gasteiger partial charge in [-0.05, 0) is 19.8 Å². The topological polar surface area (TPSA) is 47.7 Å².